The Balaban J connectivity index is 1.57. The van der Waals surface area contributed by atoms with Gasteiger partial charge in [-0.2, -0.15) is 10.4 Å². The molecule has 9 heteroatoms. The number of hydrogen-bond acceptors (Lipinski definition) is 5. The van der Waals surface area contributed by atoms with E-state index in [1.54, 1.807) is 36.3 Å². The largest absolute Gasteiger partial charge is 0.383 e. The monoisotopic (exact) mass is 460 g/mol. The van der Waals surface area contributed by atoms with E-state index in [4.69, 9.17) is 0 Å². The third-order valence-corrected chi connectivity index (χ3v) is 5.81. The molecule has 0 radical (unpaired) electrons. The van der Waals surface area contributed by atoms with Gasteiger partial charge in [0.15, 0.2) is 0 Å². The van der Waals surface area contributed by atoms with Crippen molar-refractivity contribution in [3.05, 3.63) is 102 Å². The molecule has 0 saturated heterocycles. The molecule has 2 heterocycles. The number of allylic oxidation sites excluding steroid dienone is 1. The molecule has 0 aliphatic heterocycles. The molecule has 0 unspecified atom stereocenters. The smallest absolute Gasteiger partial charge is 0.137 e. The van der Waals surface area contributed by atoms with Crippen molar-refractivity contribution in [2.45, 2.75) is 25.5 Å². The summed E-state index contributed by atoms with van der Waals surface area (Å²) >= 11 is 0. The van der Waals surface area contributed by atoms with Crippen LogP contribution in [-0.4, -0.2) is 29.4 Å². The lowest BCUT2D eigenvalue weighted by Gasteiger charge is -2.34. The molecule has 0 amide bonds. The van der Waals surface area contributed by atoms with Gasteiger partial charge < -0.3 is 9.67 Å². The Morgan fingerprint density at radius 2 is 2.03 bits per heavy atom. The maximum Gasteiger partial charge on any atom is 0.137 e. The predicted octanol–water partition coefficient (Wildman–Crippen LogP) is 4.24. The van der Waals surface area contributed by atoms with Crippen LogP contribution in [0.15, 0.2) is 73.8 Å². The maximum absolute atomic E-state index is 14.7. The van der Waals surface area contributed by atoms with Gasteiger partial charge in [0.25, 0.3) is 0 Å². The van der Waals surface area contributed by atoms with Crippen LogP contribution in [0.25, 0.3) is 11.8 Å². The summed E-state index contributed by atoms with van der Waals surface area (Å²) in [6.07, 6.45) is 11.9. The number of imidazole rings is 1. The van der Waals surface area contributed by atoms with E-state index in [1.807, 2.05) is 24.3 Å². The van der Waals surface area contributed by atoms with Crippen LogP contribution in [-0.2, 0) is 12.1 Å². The number of benzene rings is 2. The Labute approximate surface area is 195 Å². The van der Waals surface area contributed by atoms with Gasteiger partial charge in [0, 0.05) is 24.0 Å². The first-order chi connectivity index (χ1) is 16.4. The van der Waals surface area contributed by atoms with Crippen LogP contribution in [0.3, 0.4) is 0 Å². The molecule has 34 heavy (non-hydrogen) atoms. The summed E-state index contributed by atoms with van der Waals surface area (Å²) in [7, 11) is 0. The van der Waals surface area contributed by atoms with E-state index in [0.717, 1.165) is 23.4 Å². The molecular formula is C25H22F2N6O. The molecule has 1 N–H and O–H groups in total. The fourth-order valence-electron chi connectivity index (χ4n) is 3.89. The van der Waals surface area contributed by atoms with E-state index in [0.29, 0.717) is 12.0 Å². The molecular weight excluding hydrogens is 438 g/mol. The highest BCUT2D eigenvalue weighted by Crippen LogP contribution is 2.36. The molecule has 2 aromatic carbocycles. The number of rotatable bonds is 8. The van der Waals surface area contributed by atoms with Gasteiger partial charge in [-0.1, -0.05) is 31.2 Å². The topological polar surface area (TPSA) is 92.6 Å². The summed E-state index contributed by atoms with van der Waals surface area (Å²) in [5.74, 6) is -2.01. The van der Waals surface area contributed by atoms with Crippen molar-refractivity contribution in [2.24, 2.45) is 5.92 Å². The van der Waals surface area contributed by atoms with Crippen LogP contribution >= 0.6 is 0 Å². The average Bonchev–Trinajstić information content (AvgIpc) is 3.53. The zero-order chi connectivity index (χ0) is 24.1. The summed E-state index contributed by atoms with van der Waals surface area (Å²) in [6.45, 7) is 1.73. The third kappa shape index (κ3) is 4.77. The number of aromatic nitrogens is 5. The van der Waals surface area contributed by atoms with Crippen molar-refractivity contribution >= 4 is 6.08 Å². The fourth-order valence-corrected chi connectivity index (χ4v) is 3.89. The summed E-state index contributed by atoms with van der Waals surface area (Å²) in [4.78, 5) is 7.89. The molecule has 4 rings (SSSR count). The zero-order valence-electron chi connectivity index (χ0n) is 18.4. The molecule has 0 aliphatic rings. The van der Waals surface area contributed by atoms with Crippen LogP contribution in [0.1, 0.15) is 30.0 Å². The Morgan fingerprint density at radius 1 is 1.18 bits per heavy atom. The van der Waals surface area contributed by atoms with E-state index >= 15 is 0 Å². The minimum Gasteiger partial charge on any atom is -0.383 e. The first-order valence-corrected chi connectivity index (χ1v) is 10.6. The van der Waals surface area contributed by atoms with Crippen molar-refractivity contribution in [1.82, 2.24) is 24.3 Å². The standard InChI is InChI=1S/C25H22F2N6O/c1-18(3-2-4-19-5-8-24(20(11-19)13-28)32-10-9-29-16-32)25(34,14-33-17-30-15-31-33)22-7-6-21(26)12-23(22)27/h2,4-12,15-18,34H,3,14H2,1H3/b4-2+/t18-,25+/m0/s1. The van der Waals surface area contributed by atoms with E-state index < -0.39 is 23.2 Å². The second-order valence-electron chi connectivity index (χ2n) is 8.04. The molecule has 0 spiro atoms. The van der Waals surface area contributed by atoms with Gasteiger partial charge in [-0.25, -0.2) is 23.4 Å². The SMILES string of the molecule is C[C@@H](C/C=C/c1ccc(-n2ccnc2)c(C#N)c1)[C@](O)(Cn1cncn1)c1ccc(F)cc1F. The quantitative estimate of drug-likeness (QED) is 0.425. The summed E-state index contributed by atoms with van der Waals surface area (Å²) in [5, 5.41) is 25.1. The number of halogens is 2. The van der Waals surface area contributed by atoms with E-state index in [1.165, 1.54) is 23.4 Å². The van der Waals surface area contributed by atoms with E-state index in [9.17, 15) is 19.1 Å². The summed E-state index contributed by atoms with van der Waals surface area (Å²) in [5.41, 5.74) is 0.338. The Hall–Kier alpha value is -4.16. The van der Waals surface area contributed by atoms with Gasteiger partial charge in [-0.3, -0.25) is 0 Å². The first-order valence-electron chi connectivity index (χ1n) is 10.6. The van der Waals surface area contributed by atoms with E-state index in [-0.39, 0.29) is 12.1 Å². The highest BCUT2D eigenvalue weighted by molar-refractivity contribution is 5.58. The Bertz CT molecular complexity index is 1330. The first kappa shape index (κ1) is 23.0. The molecule has 0 saturated carbocycles. The van der Waals surface area contributed by atoms with Crippen LogP contribution in [0.2, 0.25) is 0 Å². The number of hydrogen-bond donors (Lipinski definition) is 1. The van der Waals surface area contributed by atoms with Crippen LogP contribution < -0.4 is 0 Å². The molecule has 2 atom stereocenters. The van der Waals surface area contributed by atoms with Gasteiger partial charge in [0.1, 0.15) is 36.0 Å². The number of aliphatic hydroxyl groups is 1. The van der Waals surface area contributed by atoms with E-state index in [2.05, 4.69) is 21.1 Å². The normalized spacial score (nSPS) is 14.1. The Kier molecular flexibility index (Phi) is 6.61. The van der Waals surface area contributed by atoms with Crippen LogP contribution in [0.5, 0.6) is 0 Å². The molecule has 2 aromatic heterocycles. The van der Waals surface area contributed by atoms with Crippen molar-refractivity contribution in [3.63, 3.8) is 0 Å². The lowest BCUT2D eigenvalue weighted by atomic mass is 9.80. The van der Waals surface area contributed by atoms with Crippen molar-refractivity contribution in [3.8, 4) is 11.8 Å². The summed E-state index contributed by atoms with van der Waals surface area (Å²) < 4.78 is 31.3. The average molecular weight is 460 g/mol. The van der Waals surface area contributed by atoms with Crippen LogP contribution in [0.4, 0.5) is 8.78 Å². The second kappa shape index (κ2) is 9.77. The highest BCUT2D eigenvalue weighted by Gasteiger charge is 2.38. The molecule has 0 fully saturated rings. The zero-order valence-corrected chi connectivity index (χ0v) is 18.4. The van der Waals surface area contributed by atoms with Gasteiger partial charge in [-0.05, 0) is 36.1 Å². The lowest BCUT2D eigenvalue weighted by molar-refractivity contribution is -0.0379. The summed E-state index contributed by atoms with van der Waals surface area (Å²) in [6, 6.07) is 10.8. The molecule has 0 aliphatic carbocycles. The molecule has 0 bridgehead atoms. The molecule has 172 valence electrons. The molecule has 4 aromatic rings. The van der Waals surface area contributed by atoms with Crippen molar-refractivity contribution in [1.29, 1.82) is 5.26 Å². The van der Waals surface area contributed by atoms with Gasteiger partial charge in [0.05, 0.1) is 24.1 Å². The second-order valence-corrected chi connectivity index (χ2v) is 8.04. The fraction of sp³-hybridized carbons (Fsp3) is 0.200. The van der Waals surface area contributed by atoms with Gasteiger partial charge in [-0.15, -0.1) is 0 Å². The molecule has 7 nitrogen and oxygen atoms in total. The minimum absolute atomic E-state index is 0.0123. The van der Waals surface area contributed by atoms with Crippen LogP contribution in [0, 0.1) is 28.9 Å². The number of nitrogens with zero attached hydrogens (tertiary/aromatic N) is 6. The highest BCUT2D eigenvalue weighted by atomic mass is 19.1. The maximum atomic E-state index is 14.7. The van der Waals surface area contributed by atoms with Gasteiger partial charge >= 0.3 is 0 Å². The van der Waals surface area contributed by atoms with Crippen molar-refractivity contribution in [2.75, 3.05) is 0 Å². The third-order valence-electron chi connectivity index (χ3n) is 5.81. The van der Waals surface area contributed by atoms with Gasteiger partial charge in [0.2, 0.25) is 0 Å². The Morgan fingerprint density at radius 3 is 2.71 bits per heavy atom. The lowest BCUT2D eigenvalue weighted by Crippen LogP contribution is -2.39. The predicted molar refractivity (Wildman–Crippen MR) is 121 cm³/mol. The number of nitriles is 1. The van der Waals surface area contributed by atoms with Crippen molar-refractivity contribution < 1.29 is 13.9 Å². The minimum atomic E-state index is -1.67.